The van der Waals surface area contributed by atoms with Crippen LogP contribution in [0, 0.1) is 0 Å². The van der Waals surface area contributed by atoms with Gasteiger partial charge in [0.1, 0.15) is 0 Å². The van der Waals surface area contributed by atoms with Crippen molar-refractivity contribution in [3.8, 4) is 0 Å². The Morgan fingerprint density at radius 1 is 1.53 bits per heavy atom. The van der Waals surface area contributed by atoms with Crippen LogP contribution in [0.2, 0.25) is 0 Å². The normalized spacial score (nSPS) is 10.4. The molecule has 0 fully saturated rings. The fourth-order valence-electron chi connectivity index (χ4n) is 1.65. The van der Waals surface area contributed by atoms with Gasteiger partial charge in [-0.15, -0.1) is 16.8 Å². The highest BCUT2D eigenvalue weighted by Crippen LogP contribution is 2.08. The van der Waals surface area contributed by atoms with E-state index < -0.39 is 0 Å². The molecule has 2 amide bonds. The topological polar surface area (TPSA) is 82.8 Å². The lowest BCUT2D eigenvalue weighted by atomic mass is 10.5. The largest absolute Gasteiger partial charge is 0.395 e. The molecule has 2 heterocycles. The Labute approximate surface area is 110 Å². The van der Waals surface area contributed by atoms with E-state index in [9.17, 15) is 4.79 Å². The SMILES string of the molecule is C=CCN(CCO)C(=O)Nc1nnc2ccccn12. The summed E-state index contributed by atoms with van der Waals surface area (Å²) in [4.78, 5) is 13.4. The molecule has 0 saturated heterocycles. The monoisotopic (exact) mass is 261 g/mol. The minimum absolute atomic E-state index is 0.109. The van der Waals surface area contributed by atoms with Gasteiger partial charge in [0.15, 0.2) is 5.65 Å². The minimum Gasteiger partial charge on any atom is -0.395 e. The molecule has 7 heteroatoms. The van der Waals surface area contributed by atoms with Crippen molar-refractivity contribution in [2.75, 3.05) is 25.0 Å². The molecule has 2 N–H and O–H groups in total. The van der Waals surface area contributed by atoms with E-state index in [0.29, 0.717) is 18.1 Å². The van der Waals surface area contributed by atoms with Crippen LogP contribution in [0.15, 0.2) is 37.1 Å². The zero-order chi connectivity index (χ0) is 13.7. The first-order valence-corrected chi connectivity index (χ1v) is 5.83. The average Bonchev–Trinajstić information content (AvgIpc) is 2.82. The van der Waals surface area contributed by atoms with Gasteiger partial charge in [-0.25, -0.2) is 4.79 Å². The number of rotatable bonds is 5. The van der Waals surface area contributed by atoms with Crippen LogP contribution in [0.5, 0.6) is 0 Å². The predicted octanol–water partition coefficient (Wildman–Crippen LogP) is 0.742. The molecule has 19 heavy (non-hydrogen) atoms. The summed E-state index contributed by atoms with van der Waals surface area (Å²) in [5, 5.41) is 19.4. The molecule has 2 aromatic rings. The number of fused-ring (bicyclic) bond motifs is 1. The van der Waals surface area contributed by atoms with Gasteiger partial charge in [-0.05, 0) is 12.1 Å². The highest BCUT2D eigenvalue weighted by atomic mass is 16.3. The highest BCUT2D eigenvalue weighted by Gasteiger charge is 2.14. The maximum atomic E-state index is 12.0. The van der Waals surface area contributed by atoms with Crippen molar-refractivity contribution in [1.82, 2.24) is 19.5 Å². The van der Waals surface area contributed by atoms with Gasteiger partial charge in [-0.2, -0.15) is 0 Å². The second-order valence-corrected chi connectivity index (χ2v) is 3.84. The van der Waals surface area contributed by atoms with Gasteiger partial charge in [0.25, 0.3) is 0 Å². The third-order valence-electron chi connectivity index (χ3n) is 2.54. The van der Waals surface area contributed by atoms with E-state index in [1.807, 2.05) is 12.1 Å². The van der Waals surface area contributed by atoms with Gasteiger partial charge in [0, 0.05) is 19.3 Å². The Kier molecular flexibility index (Phi) is 4.09. The molecule has 7 nitrogen and oxygen atoms in total. The number of carbonyl (C=O) groups is 1. The van der Waals surface area contributed by atoms with Gasteiger partial charge in [-0.1, -0.05) is 12.1 Å². The van der Waals surface area contributed by atoms with Gasteiger partial charge in [0.2, 0.25) is 5.95 Å². The molecule has 0 saturated carbocycles. The van der Waals surface area contributed by atoms with Crippen LogP contribution in [0.1, 0.15) is 0 Å². The minimum atomic E-state index is -0.355. The van der Waals surface area contributed by atoms with E-state index in [1.54, 1.807) is 22.7 Å². The van der Waals surface area contributed by atoms with Crippen LogP contribution < -0.4 is 5.32 Å². The lowest BCUT2D eigenvalue weighted by Gasteiger charge is -2.19. The second-order valence-electron chi connectivity index (χ2n) is 3.84. The van der Waals surface area contributed by atoms with Crippen molar-refractivity contribution < 1.29 is 9.90 Å². The van der Waals surface area contributed by atoms with Crippen LogP contribution in [0.4, 0.5) is 10.7 Å². The summed E-state index contributed by atoms with van der Waals surface area (Å²) in [5.41, 5.74) is 0.648. The standard InChI is InChI=1S/C12H15N5O2/c1-2-6-16(8-9-18)12(19)13-11-15-14-10-5-3-4-7-17(10)11/h2-5,7,18H,1,6,8-9H2,(H,13,15,19). The lowest BCUT2D eigenvalue weighted by Crippen LogP contribution is -2.37. The number of nitrogens with zero attached hydrogens (tertiary/aromatic N) is 4. The van der Waals surface area contributed by atoms with E-state index in [4.69, 9.17) is 5.11 Å². The molecular formula is C12H15N5O2. The first kappa shape index (κ1) is 13.0. The van der Waals surface area contributed by atoms with Crippen molar-refractivity contribution >= 4 is 17.6 Å². The molecule has 2 rings (SSSR count). The van der Waals surface area contributed by atoms with Crippen LogP contribution >= 0.6 is 0 Å². The van der Waals surface area contributed by atoms with Gasteiger partial charge in [-0.3, -0.25) is 9.72 Å². The van der Waals surface area contributed by atoms with Gasteiger partial charge >= 0.3 is 6.03 Å². The van der Waals surface area contributed by atoms with E-state index in [1.165, 1.54) is 4.90 Å². The zero-order valence-corrected chi connectivity index (χ0v) is 10.4. The Balaban J connectivity index is 2.15. The number of aliphatic hydroxyl groups excluding tert-OH is 1. The molecule has 0 spiro atoms. The molecular weight excluding hydrogens is 246 g/mol. The Hall–Kier alpha value is -2.41. The van der Waals surface area contributed by atoms with Gasteiger partial charge < -0.3 is 10.0 Å². The maximum absolute atomic E-state index is 12.0. The maximum Gasteiger partial charge on any atom is 0.324 e. The summed E-state index contributed by atoms with van der Waals surface area (Å²) in [5.74, 6) is 0.340. The zero-order valence-electron chi connectivity index (χ0n) is 10.4. The number of amides is 2. The van der Waals surface area contributed by atoms with Crippen LogP contribution in [-0.2, 0) is 0 Å². The van der Waals surface area contributed by atoms with E-state index >= 15 is 0 Å². The predicted molar refractivity (Wildman–Crippen MR) is 70.9 cm³/mol. The smallest absolute Gasteiger partial charge is 0.324 e. The number of urea groups is 1. The number of aromatic nitrogens is 3. The van der Waals surface area contributed by atoms with E-state index in [2.05, 4.69) is 22.1 Å². The summed E-state index contributed by atoms with van der Waals surface area (Å²) in [6, 6.07) is 5.09. The summed E-state index contributed by atoms with van der Waals surface area (Å²) < 4.78 is 1.67. The molecule has 0 aliphatic heterocycles. The van der Waals surface area contributed by atoms with Crippen molar-refractivity contribution in [2.45, 2.75) is 0 Å². The Bertz CT molecular complexity index is 580. The second kappa shape index (κ2) is 5.96. The van der Waals surface area contributed by atoms with Crippen LogP contribution in [0.25, 0.3) is 5.65 Å². The Morgan fingerprint density at radius 3 is 3.11 bits per heavy atom. The van der Waals surface area contributed by atoms with Crippen molar-refractivity contribution in [1.29, 1.82) is 0 Å². The van der Waals surface area contributed by atoms with E-state index in [0.717, 1.165) is 0 Å². The summed E-state index contributed by atoms with van der Waals surface area (Å²) in [7, 11) is 0. The first-order chi connectivity index (χ1) is 9.26. The third kappa shape index (κ3) is 2.89. The molecule has 0 radical (unpaired) electrons. The molecule has 0 atom stereocenters. The fourth-order valence-corrected chi connectivity index (χ4v) is 1.65. The van der Waals surface area contributed by atoms with Crippen molar-refractivity contribution in [3.05, 3.63) is 37.1 Å². The summed E-state index contributed by atoms with van der Waals surface area (Å²) >= 11 is 0. The number of hydrogen-bond donors (Lipinski definition) is 2. The van der Waals surface area contributed by atoms with Crippen molar-refractivity contribution in [3.63, 3.8) is 0 Å². The molecule has 0 unspecified atom stereocenters. The molecule has 0 aliphatic carbocycles. The number of anilines is 1. The average molecular weight is 261 g/mol. The number of carbonyl (C=O) groups excluding carboxylic acids is 1. The molecule has 0 aromatic carbocycles. The lowest BCUT2D eigenvalue weighted by molar-refractivity contribution is 0.195. The quantitative estimate of drug-likeness (QED) is 0.778. The number of hydrogen-bond acceptors (Lipinski definition) is 4. The fraction of sp³-hybridized carbons (Fsp3) is 0.250. The van der Waals surface area contributed by atoms with Gasteiger partial charge in [0.05, 0.1) is 6.61 Å². The molecule has 0 bridgehead atoms. The number of nitrogens with one attached hydrogen (secondary N) is 1. The summed E-state index contributed by atoms with van der Waals surface area (Å²) in [6.07, 6.45) is 3.35. The number of aliphatic hydroxyl groups is 1. The van der Waals surface area contributed by atoms with Crippen LogP contribution in [0.3, 0.4) is 0 Å². The van der Waals surface area contributed by atoms with Crippen LogP contribution in [-0.4, -0.2) is 50.3 Å². The highest BCUT2D eigenvalue weighted by molar-refractivity contribution is 5.88. The first-order valence-electron chi connectivity index (χ1n) is 5.83. The van der Waals surface area contributed by atoms with E-state index in [-0.39, 0.29) is 19.2 Å². The molecule has 0 aliphatic rings. The van der Waals surface area contributed by atoms with Crippen molar-refractivity contribution in [2.24, 2.45) is 0 Å². The summed E-state index contributed by atoms with van der Waals surface area (Å²) in [6.45, 7) is 4.05. The number of pyridine rings is 1. The third-order valence-corrected chi connectivity index (χ3v) is 2.54. The Morgan fingerprint density at radius 2 is 2.37 bits per heavy atom. The molecule has 100 valence electrons. The molecule has 2 aromatic heterocycles.